The Kier molecular flexibility index (Phi) is 44.0. The zero-order chi connectivity index (χ0) is 45.7. The number of phosphoric acid groups is 1. The molecule has 1 amide bonds. The highest BCUT2D eigenvalue weighted by Gasteiger charge is 2.27. The van der Waals surface area contributed by atoms with Gasteiger partial charge in [-0.1, -0.05) is 224 Å². The number of rotatable bonds is 48. The number of allylic oxidation sites excluding steroid dienone is 5. The van der Waals surface area contributed by atoms with Crippen LogP contribution in [-0.2, 0) is 18.4 Å². The minimum Gasteiger partial charge on any atom is -0.387 e. The van der Waals surface area contributed by atoms with Gasteiger partial charge in [0.15, 0.2) is 0 Å². The molecule has 0 heterocycles. The van der Waals surface area contributed by atoms with E-state index in [2.05, 4.69) is 43.5 Å². The van der Waals surface area contributed by atoms with Crippen molar-refractivity contribution in [3.63, 3.8) is 0 Å². The Morgan fingerprint density at radius 2 is 0.919 bits per heavy atom. The molecule has 3 unspecified atom stereocenters. The van der Waals surface area contributed by atoms with Gasteiger partial charge in [0, 0.05) is 6.42 Å². The molecule has 0 rings (SSSR count). The van der Waals surface area contributed by atoms with E-state index >= 15 is 0 Å². The maximum atomic E-state index is 12.9. The van der Waals surface area contributed by atoms with Gasteiger partial charge in [0.1, 0.15) is 13.2 Å². The van der Waals surface area contributed by atoms with Gasteiger partial charge in [0.25, 0.3) is 0 Å². The summed E-state index contributed by atoms with van der Waals surface area (Å²) in [6, 6.07) is -0.845. The van der Waals surface area contributed by atoms with Crippen LogP contribution in [0.5, 0.6) is 0 Å². The third kappa shape index (κ3) is 46.7. The maximum Gasteiger partial charge on any atom is 0.472 e. The van der Waals surface area contributed by atoms with Crippen LogP contribution in [0.1, 0.15) is 245 Å². The fourth-order valence-corrected chi connectivity index (χ4v) is 8.40. The molecule has 0 spiro atoms. The van der Waals surface area contributed by atoms with Gasteiger partial charge in [-0.2, -0.15) is 0 Å². The van der Waals surface area contributed by atoms with Gasteiger partial charge < -0.3 is 19.8 Å². The van der Waals surface area contributed by atoms with Gasteiger partial charge in [0.2, 0.25) is 5.91 Å². The van der Waals surface area contributed by atoms with E-state index in [0.717, 1.165) is 44.9 Å². The largest absolute Gasteiger partial charge is 0.472 e. The predicted octanol–water partition coefficient (Wildman–Crippen LogP) is 15.4. The third-order valence-electron chi connectivity index (χ3n) is 11.9. The fourth-order valence-electron chi connectivity index (χ4n) is 7.66. The van der Waals surface area contributed by atoms with E-state index in [1.54, 1.807) is 6.08 Å². The quantitative estimate of drug-likeness (QED) is 0.0243. The zero-order valence-corrected chi connectivity index (χ0v) is 42.5. The first-order chi connectivity index (χ1) is 30.0. The summed E-state index contributed by atoms with van der Waals surface area (Å²) in [5, 5.41) is 13.9. The number of amides is 1. The number of carbonyl (C=O) groups excluding carboxylic acids is 1. The maximum absolute atomic E-state index is 12.9. The number of phosphoric ester groups is 1. The van der Waals surface area contributed by atoms with Crippen LogP contribution < -0.4 is 5.32 Å². The molecule has 0 saturated carbocycles. The predicted molar refractivity (Wildman–Crippen MR) is 268 cm³/mol. The Morgan fingerprint density at radius 1 is 0.548 bits per heavy atom. The average molecular weight is 896 g/mol. The standard InChI is InChI=1S/C53H103N2O6P/c1-6-8-10-12-14-16-18-20-22-23-24-25-26-27-28-29-30-31-33-35-37-39-41-43-45-47-53(57)54-51(50-61-62(58,59)60-49-48-55(3,4)5)52(56)46-44-42-40-38-36-34-32-21-19-17-15-13-11-9-7-2/h18,20,23-24,44,46,51-52,56H,6-17,19,21-22,25-43,45,47-50H2,1-5H3,(H-,54,57,58,59)/p+1/b20-18-,24-23-,46-44+. The Hall–Kier alpha value is -1.28. The molecule has 0 saturated heterocycles. The number of aliphatic hydroxyl groups is 1. The number of nitrogens with one attached hydrogen (secondary N) is 1. The highest BCUT2D eigenvalue weighted by Crippen LogP contribution is 2.43. The zero-order valence-electron chi connectivity index (χ0n) is 41.6. The molecule has 9 heteroatoms. The van der Waals surface area contributed by atoms with Crippen molar-refractivity contribution in [1.82, 2.24) is 5.32 Å². The molecule has 62 heavy (non-hydrogen) atoms. The number of aliphatic hydroxyl groups excluding tert-OH is 1. The highest BCUT2D eigenvalue weighted by atomic mass is 31.2. The molecule has 0 aromatic rings. The van der Waals surface area contributed by atoms with Crippen LogP contribution in [0, 0.1) is 0 Å². The van der Waals surface area contributed by atoms with Crippen molar-refractivity contribution < 1.29 is 32.9 Å². The number of unbranched alkanes of at least 4 members (excludes halogenated alkanes) is 31. The van der Waals surface area contributed by atoms with Crippen molar-refractivity contribution in [3.05, 3.63) is 36.5 Å². The summed E-state index contributed by atoms with van der Waals surface area (Å²) in [5.41, 5.74) is 0. The van der Waals surface area contributed by atoms with Gasteiger partial charge in [-0.05, 0) is 51.4 Å². The molecule has 3 atom stereocenters. The molecule has 0 bridgehead atoms. The van der Waals surface area contributed by atoms with Gasteiger partial charge in [-0.3, -0.25) is 13.8 Å². The van der Waals surface area contributed by atoms with Gasteiger partial charge in [0.05, 0.1) is 39.9 Å². The summed E-state index contributed by atoms with van der Waals surface area (Å²) < 4.78 is 23.6. The highest BCUT2D eigenvalue weighted by molar-refractivity contribution is 7.47. The Balaban J connectivity index is 4.22. The number of carbonyl (C=O) groups is 1. The van der Waals surface area contributed by atoms with Crippen LogP contribution in [0.15, 0.2) is 36.5 Å². The first kappa shape index (κ1) is 60.7. The second-order valence-electron chi connectivity index (χ2n) is 19.3. The first-order valence-electron chi connectivity index (χ1n) is 26.4. The number of likely N-dealkylation sites (N-methyl/N-ethyl adjacent to an activating group) is 1. The number of nitrogens with zero attached hydrogens (tertiary/aromatic N) is 1. The van der Waals surface area contributed by atoms with Crippen LogP contribution in [0.2, 0.25) is 0 Å². The molecule has 0 aliphatic carbocycles. The first-order valence-corrected chi connectivity index (χ1v) is 27.9. The molecule has 0 radical (unpaired) electrons. The normalized spacial score (nSPS) is 14.4. The van der Waals surface area contributed by atoms with E-state index < -0.39 is 20.0 Å². The summed E-state index contributed by atoms with van der Waals surface area (Å²) >= 11 is 0. The van der Waals surface area contributed by atoms with Gasteiger partial charge in [-0.25, -0.2) is 4.57 Å². The Bertz CT molecular complexity index is 1110. The van der Waals surface area contributed by atoms with Crippen molar-refractivity contribution in [2.75, 3.05) is 40.9 Å². The topological polar surface area (TPSA) is 105 Å². The lowest BCUT2D eigenvalue weighted by atomic mass is 10.0. The van der Waals surface area contributed by atoms with Crippen molar-refractivity contribution >= 4 is 13.7 Å². The summed E-state index contributed by atoms with van der Waals surface area (Å²) in [6.07, 6.45) is 56.5. The van der Waals surface area contributed by atoms with E-state index in [-0.39, 0.29) is 19.1 Å². The SMILES string of the molecule is CCCCCCC/C=C\C/C=C\CCCCCCCCCCCCCCCC(=O)NC(COP(=O)(O)OCC[N+](C)(C)C)C(O)/C=C/CCCCCCCCCCCCCCC. The van der Waals surface area contributed by atoms with E-state index in [1.165, 1.54) is 180 Å². The molecule has 0 aromatic heterocycles. The van der Waals surface area contributed by atoms with Crippen molar-refractivity contribution in [3.8, 4) is 0 Å². The lowest BCUT2D eigenvalue weighted by Gasteiger charge is -2.25. The second kappa shape index (κ2) is 44.9. The minimum atomic E-state index is -4.34. The molecule has 0 aromatic carbocycles. The summed E-state index contributed by atoms with van der Waals surface area (Å²) in [5.74, 6) is -0.177. The molecule has 3 N–H and O–H groups in total. The van der Waals surface area contributed by atoms with Gasteiger partial charge >= 0.3 is 7.82 Å². The summed E-state index contributed by atoms with van der Waals surface area (Å²) in [6.45, 7) is 4.82. The lowest BCUT2D eigenvalue weighted by molar-refractivity contribution is -0.870. The molecule has 0 aliphatic rings. The minimum absolute atomic E-state index is 0.0620. The smallest absolute Gasteiger partial charge is 0.387 e. The molecule has 0 aliphatic heterocycles. The summed E-state index contributed by atoms with van der Waals surface area (Å²) in [4.78, 5) is 23.2. The number of quaternary nitrogens is 1. The molecule has 366 valence electrons. The van der Waals surface area contributed by atoms with Crippen LogP contribution >= 0.6 is 7.82 Å². The van der Waals surface area contributed by atoms with Crippen LogP contribution in [0.25, 0.3) is 0 Å². The van der Waals surface area contributed by atoms with E-state index in [1.807, 2.05) is 27.2 Å². The second-order valence-corrected chi connectivity index (χ2v) is 20.7. The lowest BCUT2D eigenvalue weighted by Crippen LogP contribution is -2.45. The van der Waals surface area contributed by atoms with Crippen LogP contribution in [-0.4, -0.2) is 73.4 Å². The number of hydrogen-bond acceptors (Lipinski definition) is 5. The van der Waals surface area contributed by atoms with Crippen molar-refractivity contribution in [1.29, 1.82) is 0 Å². The Morgan fingerprint density at radius 3 is 1.32 bits per heavy atom. The van der Waals surface area contributed by atoms with Crippen LogP contribution in [0.4, 0.5) is 0 Å². The van der Waals surface area contributed by atoms with Crippen LogP contribution in [0.3, 0.4) is 0 Å². The third-order valence-corrected chi connectivity index (χ3v) is 12.8. The van der Waals surface area contributed by atoms with Crippen molar-refractivity contribution in [2.45, 2.75) is 257 Å². The average Bonchev–Trinajstić information content (AvgIpc) is 3.23. The van der Waals surface area contributed by atoms with E-state index in [0.29, 0.717) is 17.4 Å². The van der Waals surface area contributed by atoms with E-state index in [9.17, 15) is 19.4 Å². The molecular formula is C53H104N2O6P+. The fraction of sp³-hybridized carbons (Fsp3) is 0.868. The number of hydrogen-bond donors (Lipinski definition) is 3. The van der Waals surface area contributed by atoms with Crippen molar-refractivity contribution in [2.24, 2.45) is 0 Å². The van der Waals surface area contributed by atoms with Gasteiger partial charge in [-0.15, -0.1) is 0 Å². The molecule has 8 nitrogen and oxygen atoms in total. The Labute approximate surface area is 385 Å². The molecular weight excluding hydrogens is 792 g/mol. The summed E-state index contributed by atoms with van der Waals surface area (Å²) in [7, 11) is 1.58. The monoisotopic (exact) mass is 896 g/mol. The molecule has 0 fully saturated rings. The van der Waals surface area contributed by atoms with E-state index in [4.69, 9.17) is 9.05 Å².